The van der Waals surface area contributed by atoms with Crippen LogP contribution in [0.25, 0.3) is 5.69 Å². The average molecular weight is 281 g/mol. The zero-order valence-electron chi connectivity index (χ0n) is 9.83. The fourth-order valence-corrected chi connectivity index (χ4v) is 1.71. The molecule has 98 valence electrons. The summed E-state index contributed by atoms with van der Waals surface area (Å²) in [5.74, 6) is -0.112. The lowest BCUT2D eigenvalue weighted by Crippen LogP contribution is -2.22. The predicted octanol–water partition coefficient (Wildman–Crippen LogP) is 1.41. The summed E-state index contributed by atoms with van der Waals surface area (Å²) in [5, 5.41) is 13.5. The minimum Gasteiger partial charge on any atom is -0.505 e. The van der Waals surface area contributed by atoms with E-state index in [1.165, 1.54) is 13.2 Å². The maximum Gasteiger partial charge on any atom is 0.275 e. The van der Waals surface area contributed by atoms with Crippen LogP contribution in [0.4, 0.5) is 0 Å². The number of ether oxygens (including phenoxy) is 1. The molecule has 0 atom stereocenters. The first-order valence-corrected chi connectivity index (χ1v) is 5.57. The molecule has 1 aromatic heterocycles. The molecule has 0 saturated heterocycles. The molecule has 7 heteroatoms. The number of methoxy groups -OCH3 is 1. The summed E-state index contributed by atoms with van der Waals surface area (Å²) in [6.45, 7) is 0. The minimum absolute atomic E-state index is 0.248. The van der Waals surface area contributed by atoms with Gasteiger partial charge in [-0.3, -0.25) is 9.59 Å². The van der Waals surface area contributed by atoms with Crippen LogP contribution < -0.4 is 10.3 Å². The summed E-state index contributed by atoms with van der Waals surface area (Å²) in [4.78, 5) is 22.6. The molecular weight excluding hydrogens is 272 g/mol. The van der Waals surface area contributed by atoms with Crippen molar-refractivity contribution >= 4 is 17.9 Å². The number of hydrogen-bond acceptors (Lipinski definition) is 5. The lowest BCUT2D eigenvalue weighted by Gasteiger charge is -2.10. The van der Waals surface area contributed by atoms with Gasteiger partial charge in [-0.2, -0.15) is 9.78 Å². The molecule has 0 aliphatic heterocycles. The van der Waals surface area contributed by atoms with Crippen LogP contribution >= 0.6 is 11.6 Å². The van der Waals surface area contributed by atoms with Crippen molar-refractivity contribution in [1.82, 2.24) is 9.78 Å². The third-order valence-electron chi connectivity index (χ3n) is 2.42. The van der Waals surface area contributed by atoms with E-state index in [0.717, 1.165) is 10.7 Å². The van der Waals surface area contributed by atoms with E-state index >= 15 is 0 Å². The first-order chi connectivity index (χ1) is 9.06. The van der Waals surface area contributed by atoms with Crippen molar-refractivity contribution in [2.75, 3.05) is 7.11 Å². The topological polar surface area (TPSA) is 81.4 Å². The molecule has 0 amide bonds. The Hall–Kier alpha value is -2.34. The van der Waals surface area contributed by atoms with Crippen molar-refractivity contribution in [2.24, 2.45) is 0 Å². The second-order valence-corrected chi connectivity index (χ2v) is 4.04. The predicted molar refractivity (Wildman–Crippen MR) is 68.4 cm³/mol. The summed E-state index contributed by atoms with van der Waals surface area (Å²) < 4.78 is 6.04. The molecule has 2 aromatic rings. The van der Waals surface area contributed by atoms with E-state index in [-0.39, 0.29) is 11.4 Å². The Morgan fingerprint density at radius 2 is 2.16 bits per heavy atom. The van der Waals surface area contributed by atoms with E-state index in [2.05, 4.69) is 5.10 Å². The van der Waals surface area contributed by atoms with Crippen molar-refractivity contribution in [1.29, 1.82) is 0 Å². The van der Waals surface area contributed by atoms with Crippen LogP contribution in [0.5, 0.6) is 11.5 Å². The second kappa shape index (κ2) is 5.11. The van der Waals surface area contributed by atoms with Gasteiger partial charge in [0.15, 0.2) is 17.7 Å². The summed E-state index contributed by atoms with van der Waals surface area (Å²) in [6, 6.07) is 5.53. The fourth-order valence-electron chi connectivity index (χ4n) is 1.55. The quantitative estimate of drug-likeness (QED) is 0.860. The van der Waals surface area contributed by atoms with Crippen LogP contribution in [-0.2, 0) is 0 Å². The number of aldehydes is 1. The summed E-state index contributed by atoms with van der Waals surface area (Å²) in [5.41, 5.74) is -0.576. The smallest absolute Gasteiger partial charge is 0.275 e. The van der Waals surface area contributed by atoms with Gasteiger partial charge in [-0.15, -0.1) is 0 Å². The highest BCUT2D eigenvalue weighted by Gasteiger charge is 2.12. The molecule has 6 nitrogen and oxygen atoms in total. The number of hydrogen-bond donors (Lipinski definition) is 1. The molecule has 0 aliphatic rings. The van der Waals surface area contributed by atoms with E-state index in [4.69, 9.17) is 16.3 Å². The number of aromatic hydroxyl groups is 1. The SMILES string of the molecule is COc1ccc(Cl)cc1-n1nc(C=O)c(O)cc1=O. The number of halogens is 1. The van der Waals surface area contributed by atoms with Crippen LogP contribution in [0.1, 0.15) is 10.5 Å². The molecule has 1 aromatic carbocycles. The Bertz CT molecular complexity index is 697. The van der Waals surface area contributed by atoms with Gasteiger partial charge in [-0.1, -0.05) is 11.6 Å². The molecule has 0 saturated carbocycles. The third-order valence-corrected chi connectivity index (χ3v) is 2.65. The van der Waals surface area contributed by atoms with Gasteiger partial charge in [0.1, 0.15) is 11.4 Å². The lowest BCUT2D eigenvalue weighted by atomic mass is 10.3. The molecular formula is C12H9ClN2O4. The number of carbonyl (C=O) groups excluding carboxylic acids is 1. The van der Waals surface area contributed by atoms with Gasteiger partial charge < -0.3 is 9.84 Å². The highest BCUT2D eigenvalue weighted by molar-refractivity contribution is 6.30. The Labute approximate surface area is 112 Å². The molecule has 1 N–H and O–H groups in total. The molecule has 0 radical (unpaired) electrons. The second-order valence-electron chi connectivity index (χ2n) is 3.60. The average Bonchev–Trinajstić information content (AvgIpc) is 2.39. The third kappa shape index (κ3) is 2.43. The molecule has 0 bridgehead atoms. The standard InChI is InChI=1S/C12H9ClN2O4/c1-19-11-3-2-7(13)4-9(11)15-12(18)5-10(17)8(6-16)14-15/h2-6,17H,1H3. The minimum atomic E-state index is -0.608. The van der Waals surface area contributed by atoms with E-state index in [9.17, 15) is 14.7 Å². The number of benzene rings is 1. The number of aromatic nitrogens is 2. The fraction of sp³-hybridized carbons (Fsp3) is 0.0833. The molecule has 1 heterocycles. The van der Waals surface area contributed by atoms with Gasteiger partial charge in [0.2, 0.25) is 0 Å². The molecule has 2 rings (SSSR count). The number of rotatable bonds is 3. The molecule has 0 aliphatic carbocycles. The first kappa shape index (κ1) is 13.1. The van der Waals surface area contributed by atoms with Gasteiger partial charge in [0.25, 0.3) is 5.56 Å². The number of carbonyl (C=O) groups is 1. The van der Waals surface area contributed by atoms with Gasteiger partial charge in [-0.25, -0.2) is 0 Å². The van der Waals surface area contributed by atoms with Gasteiger partial charge in [-0.05, 0) is 18.2 Å². The first-order valence-electron chi connectivity index (χ1n) is 5.19. The normalized spacial score (nSPS) is 10.2. The van der Waals surface area contributed by atoms with E-state index in [1.807, 2.05) is 0 Å². The zero-order valence-corrected chi connectivity index (χ0v) is 10.6. The maximum atomic E-state index is 11.8. The van der Waals surface area contributed by atoms with Crippen molar-refractivity contribution in [3.63, 3.8) is 0 Å². The highest BCUT2D eigenvalue weighted by Crippen LogP contribution is 2.25. The van der Waals surface area contributed by atoms with Crippen molar-refractivity contribution in [3.8, 4) is 17.2 Å². The van der Waals surface area contributed by atoms with Gasteiger partial charge in [0, 0.05) is 11.1 Å². The largest absolute Gasteiger partial charge is 0.505 e. The van der Waals surface area contributed by atoms with Gasteiger partial charge >= 0.3 is 0 Å². The molecule has 0 fully saturated rings. The number of nitrogens with zero attached hydrogens (tertiary/aromatic N) is 2. The van der Waals surface area contributed by atoms with Crippen molar-refractivity contribution in [2.45, 2.75) is 0 Å². The zero-order chi connectivity index (χ0) is 14.0. The Kier molecular flexibility index (Phi) is 3.52. The van der Waals surface area contributed by atoms with Crippen LogP contribution in [0.2, 0.25) is 5.02 Å². The van der Waals surface area contributed by atoms with Crippen LogP contribution in [0.3, 0.4) is 0 Å². The van der Waals surface area contributed by atoms with Gasteiger partial charge in [0.05, 0.1) is 7.11 Å². The monoisotopic (exact) mass is 280 g/mol. The van der Waals surface area contributed by atoms with Crippen LogP contribution in [0.15, 0.2) is 29.1 Å². The van der Waals surface area contributed by atoms with E-state index < -0.39 is 11.3 Å². The molecule has 0 unspecified atom stereocenters. The highest BCUT2D eigenvalue weighted by atomic mass is 35.5. The maximum absolute atomic E-state index is 11.8. The Morgan fingerprint density at radius 3 is 2.79 bits per heavy atom. The van der Waals surface area contributed by atoms with E-state index in [1.54, 1.807) is 12.1 Å². The summed E-state index contributed by atoms with van der Waals surface area (Å²) >= 11 is 5.86. The van der Waals surface area contributed by atoms with Crippen LogP contribution in [0, 0.1) is 0 Å². The molecule has 19 heavy (non-hydrogen) atoms. The summed E-state index contributed by atoms with van der Waals surface area (Å²) in [6.07, 6.45) is 0.350. The van der Waals surface area contributed by atoms with Crippen molar-refractivity contribution < 1.29 is 14.6 Å². The Balaban J connectivity index is 2.74. The van der Waals surface area contributed by atoms with Crippen LogP contribution in [-0.4, -0.2) is 28.3 Å². The Morgan fingerprint density at radius 1 is 1.42 bits per heavy atom. The lowest BCUT2D eigenvalue weighted by molar-refractivity contribution is 0.111. The van der Waals surface area contributed by atoms with E-state index in [0.29, 0.717) is 17.1 Å². The molecule has 0 spiro atoms. The summed E-state index contributed by atoms with van der Waals surface area (Å²) in [7, 11) is 1.43. The van der Waals surface area contributed by atoms with Crippen molar-refractivity contribution in [3.05, 3.63) is 45.3 Å².